The van der Waals surface area contributed by atoms with Crippen LogP contribution in [0.2, 0.25) is 0 Å². The summed E-state index contributed by atoms with van der Waals surface area (Å²) in [5, 5.41) is 2.94. The van der Waals surface area contributed by atoms with Crippen molar-refractivity contribution in [3.05, 3.63) is 59.7 Å². The molecule has 0 aliphatic heterocycles. The van der Waals surface area contributed by atoms with Gasteiger partial charge in [-0.1, -0.05) is 24.3 Å². The lowest BCUT2D eigenvalue weighted by Gasteiger charge is -2.18. The van der Waals surface area contributed by atoms with Gasteiger partial charge in [0, 0.05) is 11.4 Å². The molecule has 10 heteroatoms. The fourth-order valence-electron chi connectivity index (χ4n) is 2.20. The van der Waals surface area contributed by atoms with Gasteiger partial charge in [0.1, 0.15) is 0 Å². The van der Waals surface area contributed by atoms with Crippen molar-refractivity contribution in [2.75, 3.05) is 10.5 Å². The second-order valence-electron chi connectivity index (χ2n) is 5.33. The van der Waals surface area contributed by atoms with Crippen molar-refractivity contribution >= 4 is 25.6 Å². The first-order valence-corrected chi connectivity index (χ1v) is 7.24. The first-order chi connectivity index (χ1) is 11.1. The summed E-state index contributed by atoms with van der Waals surface area (Å²) in [4.78, 5) is 0. The van der Waals surface area contributed by atoms with Crippen LogP contribution in [0.3, 0.4) is 0 Å². The molecule has 0 aliphatic rings. The largest absolute Gasteiger partial charge is 0.595 e. The Morgan fingerprint density at radius 3 is 1.08 bits per heavy atom. The van der Waals surface area contributed by atoms with Crippen molar-refractivity contribution in [3.63, 3.8) is 0 Å². The molecule has 0 heterocycles. The predicted molar refractivity (Wildman–Crippen MR) is 85.7 cm³/mol. The summed E-state index contributed by atoms with van der Waals surface area (Å²) < 4.78 is 73.3. The number of halogens is 6. The Balaban J connectivity index is 1.89. The molecule has 2 N–H and O–H groups in total. The SMILES string of the molecule is F[B-](F)(F)Nc1ccc(CCc2ccc(N[B-](F)(F)F)cc2)cc1. The van der Waals surface area contributed by atoms with Gasteiger partial charge >= 0.3 is 14.2 Å². The summed E-state index contributed by atoms with van der Waals surface area (Å²) in [6, 6.07) is 11.8. The van der Waals surface area contributed by atoms with Gasteiger partial charge in [-0.15, -0.1) is 0 Å². The monoisotopic (exact) mass is 346 g/mol. The van der Waals surface area contributed by atoms with E-state index in [-0.39, 0.29) is 11.4 Å². The van der Waals surface area contributed by atoms with E-state index in [4.69, 9.17) is 0 Å². The Morgan fingerprint density at radius 1 is 0.542 bits per heavy atom. The summed E-state index contributed by atoms with van der Waals surface area (Å²) in [5.74, 6) is 0. The number of rotatable bonds is 7. The molecule has 0 unspecified atom stereocenters. The molecule has 2 rings (SSSR count). The Kier molecular flexibility index (Phi) is 5.36. The van der Waals surface area contributed by atoms with E-state index >= 15 is 0 Å². The summed E-state index contributed by atoms with van der Waals surface area (Å²) in [6.45, 7) is 0. The van der Waals surface area contributed by atoms with E-state index in [0.717, 1.165) is 11.1 Å². The van der Waals surface area contributed by atoms with Crippen LogP contribution in [0, 0.1) is 0 Å². The molecule has 0 radical (unpaired) electrons. The van der Waals surface area contributed by atoms with Crippen LogP contribution in [-0.4, -0.2) is 14.2 Å². The molecule has 0 aliphatic carbocycles. The second-order valence-corrected chi connectivity index (χ2v) is 5.33. The van der Waals surface area contributed by atoms with Crippen LogP contribution < -0.4 is 10.5 Å². The molecular formula is C14H14B2F6N2-2. The van der Waals surface area contributed by atoms with Crippen molar-refractivity contribution in [1.29, 1.82) is 0 Å². The standard InChI is InChI=1S/C14H14B2F6N2/c17-15(18,19)23-13-7-3-11(4-8-13)1-2-12-5-9-14(10-6-12)24-16(20,21)22/h3-10,23-24H,1-2H2/q-2. The van der Waals surface area contributed by atoms with Crippen LogP contribution in [0.5, 0.6) is 0 Å². The highest BCUT2D eigenvalue weighted by Gasteiger charge is 2.23. The molecule has 0 amide bonds. The zero-order chi connectivity index (χ0) is 17.8. The minimum absolute atomic E-state index is 0.0179. The molecule has 2 aromatic rings. The van der Waals surface area contributed by atoms with Crippen molar-refractivity contribution in [2.45, 2.75) is 12.8 Å². The number of benzene rings is 2. The van der Waals surface area contributed by atoms with Crippen molar-refractivity contribution in [2.24, 2.45) is 0 Å². The van der Waals surface area contributed by atoms with Gasteiger partial charge in [-0.05, 0) is 48.2 Å². The topological polar surface area (TPSA) is 24.1 Å². The first-order valence-electron chi connectivity index (χ1n) is 7.24. The second kappa shape index (κ2) is 7.11. The van der Waals surface area contributed by atoms with Crippen molar-refractivity contribution < 1.29 is 25.9 Å². The van der Waals surface area contributed by atoms with Gasteiger partial charge in [0.05, 0.1) is 0 Å². The van der Waals surface area contributed by atoms with E-state index in [9.17, 15) is 25.9 Å². The summed E-state index contributed by atoms with van der Waals surface area (Å²) in [7, 11) is -10.2. The molecule has 0 saturated carbocycles. The Bertz CT molecular complexity index is 593. The molecule has 0 fully saturated rings. The zero-order valence-electron chi connectivity index (χ0n) is 12.5. The Labute approximate surface area is 135 Å². The maximum absolute atomic E-state index is 12.2. The number of anilines is 2. The summed E-state index contributed by atoms with van der Waals surface area (Å²) in [5.41, 5.74) is 1.65. The first kappa shape index (κ1) is 18.1. The third kappa shape index (κ3) is 6.47. The highest BCUT2D eigenvalue weighted by atomic mass is 19.4. The lowest BCUT2D eigenvalue weighted by atomic mass is 10.0. The van der Waals surface area contributed by atoms with Gasteiger partial charge in [0.2, 0.25) is 0 Å². The van der Waals surface area contributed by atoms with E-state index in [0.29, 0.717) is 12.8 Å². The van der Waals surface area contributed by atoms with Gasteiger partial charge in [0.15, 0.2) is 0 Å². The third-order valence-electron chi connectivity index (χ3n) is 3.27. The predicted octanol–water partition coefficient (Wildman–Crippen LogP) is 4.98. The smallest absolute Gasteiger partial charge is 0.473 e. The van der Waals surface area contributed by atoms with Gasteiger partial charge in [0.25, 0.3) is 0 Å². The van der Waals surface area contributed by atoms with Gasteiger partial charge in [-0.2, -0.15) is 0 Å². The van der Waals surface area contributed by atoms with Crippen LogP contribution in [0.15, 0.2) is 48.5 Å². The maximum atomic E-state index is 12.2. The van der Waals surface area contributed by atoms with Crippen LogP contribution in [-0.2, 0) is 12.8 Å². The quantitative estimate of drug-likeness (QED) is 0.546. The molecule has 24 heavy (non-hydrogen) atoms. The molecule has 0 spiro atoms. The van der Waals surface area contributed by atoms with Crippen LogP contribution in [0.4, 0.5) is 37.3 Å². The Hall–Kier alpha value is -2.25. The van der Waals surface area contributed by atoms with Crippen LogP contribution >= 0.6 is 0 Å². The van der Waals surface area contributed by atoms with Crippen molar-refractivity contribution in [3.8, 4) is 0 Å². The number of hydrogen-bond acceptors (Lipinski definition) is 2. The molecule has 2 aromatic carbocycles. The van der Waals surface area contributed by atoms with E-state index < -0.39 is 14.2 Å². The molecule has 0 bridgehead atoms. The molecule has 0 aromatic heterocycles. The van der Waals surface area contributed by atoms with Gasteiger partial charge in [-0.25, -0.2) is 0 Å². The maximum Gasteiger partial charge on any atom is 0.595 e. The zero-order valence-corrected chi connectivity index (χ0v) is 12.5. The average Bonchev–Trinajstić information content (AvgIpc) is 2.45. The molecule has 0 atom stereocenters. The van der Waals surface area contributed by atoms with Crippen LogP contribution in [0.1, 0.15) is 11.1 Å². The highest BCUT2D eigenvalue weighted by Crippen LogP contribution is 2.19. The fourth-order valence-corrected chi connectivity index (χ4v) is 2.20. The average molecular weight is 346 g/mol. The Morgan fingerprint density at radius 2 is 0.833 bits per heavy atom. The fraction of sp³-hybridized carbons (Fsp3) is 0.143. The molecular weight excluding hydrogens is 332 g/mol. The number of hydrogen-bond donors (Lipinski definition) is 2. The van der Waals surface area contributed by atoms with E-state index in [1.165, 1.54) is 34.7 Å². The molecule has 2 nitrogen and oxygen atoms in total. The van der Waals surface area contributed by atoms with Crippen molar-refractivity contribution in [1.82, 2.24) is 0 Å². The minimum Gasteiger partial charge on any atom is -0.473 e. The number of aryl methyl sites for hydroxylation is 2. The molecule has 130 valence electrons. The summed E-state index contributed by atoms with van der Waals surface area (Å²) in [6.07, 6.45) is 1.15. The molecule has 0 saturated heterocycles. The van der Waals surface area contributed by atoms with E-state index in [1.54, 1.807) is 24.3 Å². The van der Waals surface area contributed by atoms with E-state index in [1.807, 2.05) is 0 Å². The van der Waals surface area contributed by atoms with Gasteiger partial charge in [-0.3, -0.25) is 0 Å². The normalized spacial score (nSPS) is 12.1. The van der Waals surface area contributed by atoms with E-state index in [2.05, 4.69) is 0 Å². The lowest BCUT2D eigenvalue weighted by Crippen LogP contribution is -2.28. The highest BCUT2D eigenvalue weighted by molar-refractivity contribution is 6.62. The van der Waals surface area contributed by atoms with Gasteiger partial charge < -0.3 is 36.3 Å². The third-order valence-corrected chi connectivity index (χ3v) is 3.27. The minimum atomic E-state index is -5.09. The van der Waals surface area contributed by atoms with Crippen LogP contribution in [0.25, 0.3) is 0 Å². The summed E-state index contributed by atoms with van der Waals surface area (Å²) >= 11 is 0. The lowest BCUT2D eigenvalue weighted by molar-refractivity contribution is 0.485. The number of nitrogens with one attached hydrogen (secondary N) is 2.